The van der Waals surface area contributed by atoms with Crippen molar-refractivity contribution in [2.24, 2.45) is 5.73 Å². The zero-order valence-corrected chi connectivity index (χ0v) is 7.54. The monoisotopic (exact) mass is 201 g/mol. The molecule has 1 atom stereocenters. The minimum Gasteiger partial charge on any atom is -0.388 e. The van der Waals surface area contributed by atoms with Crippen molar-refractivity contribution in [3.63, 3.8) is 0 Å². The smallest absolute Gasteiger partial charge is 0.250 e. The molecule has 0 radical (unpaired) electrons. The van der Waals surface area contributed by atoms with Gasteiger partial charge in [-0.05, 0) is 12.8 Å². The van der Waals surface area contributed by atoms with Crippen LogP contribution in [0.15, 0.2) is 0 Å². The Hall–Kier alpha value is 0.0700. The second kappa shape index (κ2) is 3.85. The molecule has 5 heteroatoms. The molecule has 74 valence electrons. The maximum Gasteiger partial charge on any atom is 0.250 e. The molecule has 12 heavy (non-hydrogen) atoms. The summed E-state index contributed by atoms with van der Waals surface area (Å²) in [4.78, 5) is 0. The van der Waals surface area contributed by atoms with E-state index in [9.17, 15) is 13.9 Å². The van der Waals surface area contributed by atoms with Crippen LogP contribution in [0.3, 0.4) is 0 Å². The Bertz CT molecular complexity index is 156. The van der Waals surface area contributed by atoms with E-state index in [1.807, 2.05) is 0 Å². The number of hydrogen-bond donors (Lipinski definition) is 2. The van der Waals surface area contributed by atoms with Crippen molar-refractivity contribution in [2.45, 2.75) is 37.2 Å². The van der Waals surface area contributed by atoms with Gasteiger partial charge >= 0.3 is 0 Å². The average Bonchev–Trinajstić information content (AvgIpc) is 1.85. The molecular weight excluding hydrogens is 188 g/mol. The Morgan fingerprint density at radius 3 is 2.25 bits per heavy atom. The molecule has 0 amide bonds. The number of alkyl halides is 2. The minimum atomic E-state index is -2.72. The summed E-state index contributed by atoms with van der Waals surface area (Å²) < 4.78 is 25.3. The molecule has 1 rings (SSSR count). The van der Waals surface area contributed by atoms with Crippen LogP contribution >= 0.6 is 12.4 Å². The summed E-state index contributed by atoms with van der Waals surface area (Å²) in [5, 5.41) is 9.41. The first-order chi connectivity index (χ1) is 4.97. The molecule has 0 saturated heterocycles. The highest BCUT2D eigenvalue weighted by Gasteiger charge is 2.43. The number of rotatable bonds is 1. The molecule has 0 bridgehead atoms. The fraction of sp³-hybridized carbons (Fsp3) is 1.00. The molecule has 3 N–H and O–H groups in total. The van der Waals surface area contributed by atoms with Crippen LogP contribution in [0.4, 0.5) is 8.78 Å². The summed E-state index contributed by atoms with van der Waals surface area (Å²) in [5.41, 5.74) is 3.86. The van der Waals surface area contributed by atoms with E-state index in [0.717, 1.165) is 0 Å². The molecule has 0 aromatic carbocycles. The molecule has 1 aliphatic rings. The zero-order valence-electron chi connectivity index (χ0n) is 6.72. The average molecular weight is 202 g/mol. The summed E-state index contributed by atoms with van der Waals surface area (Å²) in [6.45, 7) is -0.0669. The molecule has 1 aliphatic carbocycles. The fourth-order valence-corrected chi connectivity index (χ4v) is 1.51. The van der Waals surface area contributed by atoms with Crippen LogP contribution < -0.4 is 5.73 Å². The van der Waals surface area contributed by atoms with E-state index in [4.69, 9.17) is 5.73 Å². The summed E-state index contributed by atoms with van der Waals surface area (Å²) >= 11 is 0. The van der Waals surface area contributed by atoms with E-state index in [2.05, 4.69) is 0 Å². The van der Waals surface area contributed by atoms with Crippen molar-refractivity contribution < 1.29 is 13.9 Å². The molecule has 0 spiro atoms. The second-order valence-corrected chi connectivity index (χ2v) is 3.31. The van der Waals surface area contributed by atoms with Gasteiger partial charge in [-0.15, -0.1) is 12.4 Å². The summed E-state index contributed by atoms with van der Waals surface area (Å²) in [6.07, 6.45) is 0.172. The number of aliphatic hydroxyl groups is 1. The summed E-state index contributed by atoms with van der Waals surface area (Å²) in [6, 6.07) is 0. The lowest BCUT2D eigenvalue weighted by Crippen LogP contribution is -2.46. The molecule has 0 aromatic rings. The van der Waals surface area contributed by atoms with Crippen molar-refractivity contribution in [1.82, 2.24) is 0 Å². The van der Waals surface area contributed by atoms with Crippen molar-refractivity contribution in [3.8, 4) is 0 Å². The topological polar surface area (TPSA) is 46.2 Å². The third-order valence-corrected chi connectivity index (χ3v) is 2.15. The molecule has 0 heterocycles. The van der Waals surface area contributed by atoms with Crippen LogP contribution in [0.25, 0.3) is 0 Å². The lowest BCUT2D eigenvalue weighted by atomic mass is 9.83. The van der Waals surface area contributed by atoms with Crippen LogP contribution in [0, 0.1) is 0 Å². The van der Waals surface area contributed by atoms with Crippen LogP contribution in [-0.2, 0) is 0 Å². The Balaban J connectivity index is 0.00000121. The first-order valence-corrected chi connectivity index (χ1v) is 3.78. The van der Waals surface area contributed by atoms with Crippen molar-refractivity contribution >= 4 is 12.4 Å². The Kier molecular flexibility index (Phi) is 3.87. The van der Waals surface area contributed by atoms with Crippen LogP contribution in [0.5, 0.6) is 0 Å². The highest BCUT2D eigenvalue weighted by molar-refractivity contribution is 5.85. The Morgan fingerprint density at radius 1 is 1.33 bits per heavy atom. The highest BCUT2D eigenvalue weighted by atomic mass is 35.5. The van der Waals surface area contributed by atoms with Gasteiger partial charge in [0.1, 0.15) is 0 Å². The van der Waals surface area contributed by atoms with Crippen LogP contribution in [0.1, 0.15) is 25.7 Å². The van der Waals surface area contributed by atoms with Gasteiger partial charge in [0.25, 0.3) is 5.92 Å². The first-order valence-electron chi connectivity index (χ1n) is 3.78. The maximum absolute atomic E-state index is 12.7. The normalized spacial score (nSPS) is 34.0. The van der Waals surface area contributed by atoms with Crippen LogP contribution in [0.2, 0.25) is 0 Å². The van der Waals surface area contributed by atoms with E-state index < -0.39 is 17.9 Å². The number of nitrogens with two attached hydrogens (primary N) is 1. The van der Waals surface area contributed by atoms with Crippen molar-refractivity contribution in [3.05, 3.63) is 0 Å². The maximum atomic E-state index is 12.7. The zero-order chi connectivity index (χ0) is 8.54. The molecular formula is C7H14ClF2NO. The van der Waals surface area contributed by atoms with Gasteiger partial charge in [0.2, 0.25) is 0 Å². The largest absolute Gasteiger partial charge is 0.388 e. The first kappa shape index (κ1) is 12.1. The quantitative estimate of drug-likeness (QED) is 0.672. The van der Waals surface area contributed by atoms with Gasteiger partial charge in [0, 0.05) is 19.4 Å². The SMILES string of the molecule is Cl.NCC1(O)CCCC(F)(F)C1. The van der Waals surface area contributed by atoms with E-state index >= 15 is 0 Å². The summed E-state index contributed by atoms with van der Waals surface area (Å²) in [5.74, 6) is -2.72. The lowest BCUT2D eigenvalue weighted by molar-refractivity contribution is -0.119. The highest BCUT2D eigenvalue weighted by Crippen LogP contribution is 2.38. The van der Waals surface area contributed by atoms with Gasteiger partial charge < -0.3 is 10.8 Å². The Labute approximate surface area is 76.5 Å². The van der Waals surface area contributed by atoms with Gasteiger partial charge in [0.05, 0.1) is 5.60 Å². The molecule has 0 aliphatic heterocycles. The molecule has 1 saturated carbocycles. The predicted octanol–water partition coefficient (Wildman–Crippen LogP) is 1.31. The molecule has 1 unspecified atom stereocenters. The minimum absolute atomic E-state index is 0. The van der Waals surface area contributed by atoms with Gasteiger partial charge in [-0.2, -0.15) is 0 Å². The molecule has 1 fully saturated rings. The third kappa shape index (κ3) is 2.84. The predicted molar refractivity (Wildman–Crippen MR) is 44.7 cm³/mol. The number of hydrogen-bond acceptors (Lipinski definition) is 2. The van der Waals surface area contributed by atoms with Gasteiger partial charge in [-0.1, -0.05) is 0 Å². The Morgan fingerprint density at radius 2 is 1.92 bits per heavy atom. The number of halogens is 3. The molecule has 0 aromatic heterocycles. The van der Waals surface area contributed by atoms with Crippen molar-refractivity contribution in [1.29, 1.82) is 0 Å². The van der Waals surface area contributed by atoms with Crippen LogP contribution in [-0.4, -0.2) is 23.2 Å². The standard InChI is InChI=1S/C7H13F2NO.ClH/c8-7(9)3-1-2-6(11,4-7)5-10;/h11H,1-5,10H2;1H. The van der Waals surface area contributed by atoms with Gasteiger partial charge in [0.15, 0.2) is 0 Å². The van der Waals surface area contributed by atoms with E-state index in [0.29, 0.717) is 12.8 Å². The fourth-order valence-electron chi connectivity index (χ4n) is 1.51. The third-order valence-electron chi connectivity index (χ3n) is 2.15. The lowest BCUT2D eigenvalue weighted by Gasteiger charge is -2.35. The van der Waals surface area contributed by atoms with E-state index in [1.54, 1.807) is 0 Å². The van der Waals surface area contributed by atoms with E-state index in [-0.39, 0.29) is 25.4 Å². The second-order valence-electron chi connectivity index (χ2n) is 3.31. The van der Waals surface area contributed by atoms with E-state index in [1.165, 1.54) is 0 Å². The van der Waals surface area contributed by atoms with Gasteiger partial charge in [-0.25, -0.2) is 8.78 Å². The molecule has 2 nitrogen and oxygen atoms in total. The summed E-state index contributed by atoms with van der Waals surface area (Å²) in [7, 11) is 0. The van der Waals surface area contributed by atoms with Crippen molar-refractivity contribution in [2.75, 3.05) is 6.54 Å². The van der Waals surface area contributed by atoms with Gasteiger partial charge in [-0.3, -0.25) is 0 Å².